The number of benzene rings is 7. The molecule has 5 heteroatoms. The maximum absolute atomic E-state index is 5.29. The number of nitrogens with one attached hydrogen (secondary N) is 1. The summed E-state index contributed by atoms with van der Waals surface area (Å²) in [5.74, 6) is 0.866. The fourth-order valence-corrected chi connectivity index (χ4v) is 9.11. The molecule has 3 aromatic heterocycles. The monoisotopic (exact) mass is 670 g/mol. The molecule has 0 bridgehead atoms. The maximum atomic E-state index is 5.29. The Balaban J connectivity index is 1.09. The highest BCUT2D eigenvalue weighted by Crippen LogP contribution is 2.41. The molecule has 4 nitrogen and oxygen atoms in total. The van der Waals surface area contributed by atoms with Gasteiger partial charge in [0.2, 0.25) is 5.96 Å². The third-order valence-electron chi connectivity index (χ3n) is 10.4. The first kappa shape index (κ1) is 28.4. The Morgan fingerprint density at radius 2 is 1.08 bits per heavy atom. The Morgan fingerprint density at radius 1 is 0.451 bits per heavy atom. The van der Waals surface area contributed by atoms with Crippen molar-refractivity contribution in [3.05, 3.63) is 169 Å². The first-order valence-corrected chi connectivity index (χ1v) is 18.2. The summed E-state index contributed by atoms with van der Waals surface area (Å²) in [6.07, 6.45) is 0. The van der Waals surface area contributed by atoms with Crippen molar-refractivity contribution < 1.29 is 0 Å². The average Bonchev–Trinajstić information content (AvgIpc) is 3.85. The highest BCUT2D eigenvalue weighted by Gasteiger charge is 2.22. The summed E-state index contributed by atoms with van der Waals surface area (Å²) in [7, 11) is 0. The van der Waals surface area contributed by atoms with Crippen LogP contribution in [0.2, 0.25) is 0 Å². The van der Waals surface area contributed by atoms with Crippen molar-refractivity contribution in [2.45, 2.75) is 6.54 Å². The normalized spacial score (nSPS) is 12.9. The first-order chi connectivity index (χ1) is 25.3. The number of rotatable bonds is 3. The highest BCUT2D eigenvalue weighted by molar-refractivity contribution is 7.19. The summed E-state index contributed by atoms with van der Waals surface area (Å²) in [4.78, 5) is 6.57. The van der Waals surface area contributed by atoms with Gasteiger partial charge in [-0.05, 0) is 70.8 Å². The van der Waals surface area contributed by atoms with E-state index < -0.39 is 0 Å². The van der Waals surface area contributed by atoms with Gasteiger partial charge in [0.25, 0.3) is 0 Å². The molecule has 10 aromatic rings. The van der Waals surface area contributed by atoms with E-state index in [0.717, 1.165) is 34.9 Å². The molecule has 0 aliphatic carbocycles. The molecule has 0 radical (unpaired) electrons. The van der Waals surface area contributed by atoms with Gasteiger partial charge in [-0.25, -0.2) is 4.99 Å². The van der Waals surface area contributed by atoms with Gasteiger partial charge in [-0.1, -0.05) is 115 Å². The van der Waals surface area contributed by atoms with Crippen LogP contribution in [0.25, 0.3) is 81.6 Å². The number of aliphatic imine (C=N–C) groups is 1. The van der Waals surface area contributed by atoms with Gasteiger partial charge in [0.1, 0.15) is 0 Å². The van der Waals surface area contributed by atoms with Gasteiger partial charge >= 0.3 is 0 Å². The van der Waals surface area contributed by atoms with Gasteiger partial charge in [-0.15, -0.1) is 11.3 Å². The van der Waals surface area contributed by atoms with Gasteiger partial charge in [0.05, 0.1) is 39.2 Å². The largest absolute Gasteiger partial charge is 0.350 e. The zero-order valence-electron chi connectivity index (χ0n) is 27.5. The zero-order valence-corrected chi connectivity index (χ0v) is 28.4. The summed E-state index contributed by atoms with van der Waals surface area (Å²) in [5.41, 5.74) is 11.7. The van der Waals surface area contributed by atoms with Crippen molar-refractivity contribution >= 4 is 76.7 Å². The summed E-state index contributed by atoms with van der Waals surface area (Å²) in [5, 5.41) is 9.83. The number of nitrogens with zero attached hydrogens (tertiary/aromatic N) is 3. The standard InChI is InChI=1S/C46H30N4S/c1-2-11-29(12-3-1)30-13-10-14-33(25-30)49-39-18-7-5-16-35(39)38-26-31(22-24-41(38)49)32-21-23-36-34-15-4-8-19-40(34)50(42(36)27-32)46-47-28-44-45(48-46)37-17-6-9-20-43(37)51-44/h1-27H,28H2,(H,47,48). The van der Waals surface area contributed by atoms with Crippen LogP contribution in [-0.2, 0) is 6.54 Å². The molecule has 0 spiro atoms. The molecule has 0 unspecified atom stereocenters. The molecule has 0 fully saturated rings. The minimum Gasteiger partial charge on any atom is -0.350 e. The summed E-state index contributed by atoms with van der Waals surface area (Å²) < 4.78 is 5.99. The van der Waals surface area contributed by atoms with Gasteiger partial charge in [0.15, 0.2) is 0 Å². The van der Waals surface area contributed by atoms with Crippen LogP contribution < -0.4 is 5.32 Å². The van der Waals surface area contributed by atoms with E-state index in [1.165, 1.54) is 69.8 Å². The molecule has 240 valence electrons. The molecule has 0 saturated heterocycles. The average molecular weight is 671 g/mol. The Labute approximate surface area is 298 Å². The number of fused-ring (bicyclic) bond motifs is 9. The fraction of sp³-hybridized carbons (Fsp3) is 0.0217. The molecule has 1 aliphatic rings. The van der Waals surface area contributed by atoms with E-state index in [1.807, 2.05) is 11.3 Å². The zero-order chi connectivity index (χ0) is 33.5. The summed E-state index contributed by atoms with van der Waals surface area (Å²) >= 11 is 1.83. The van der Waals surface area contributed by atoms with E-state index in [-0.39, 0.29) is 0 Å². The molecular weight excluding hydrogens is 641 g/mol. The van der Waals surface area contributed by atoms with Gasteiger partial charge in [-0.2, -0.15) is 0 Å². The van der Waals surface area contributed by atoms with Crippen LogP contribution in [0.15, 0.2) is 169 Å². The lowest BCUT2D eigenvalue weighted by Crippen LogP contribution is -2.31. The number of para-hydroxylation sites is 2. The fourth-order valence-electron chi connectivity index (χ4n) is 8.02. The van der Waals surface area contributed by atoms with Crippen LogP contribution in [-0.4, -0.2) is 15.1 Å². The Bertz CT molecular complexity index is 3030. The van der Waals surface area contributed by atoms with Crippen molar-refractivity contribution in [2.24, 2.45) is 4.99 Å². The van der Waals surface area contributed by atoms with Crippen molar-refractivity contribution in [3.8, 4) is 27.9 Å². The van der Waals surface area contributed by atoms with Gasteiger partial charge in [0, 0.05) is 37.3 Å². The molecule has 0 saturated carbocycles. The molecular formula is C46H30N4S. The van der Waals surface area contributed by atoms with E-state index >= 15 is 0 Å². The van der Waals surface area contributed by atoms with Crippen LogP contribution in [0, 0.1) is 0 Å². The lowest BCUT2D eigenvalue weighted by atomic mass is 10.0. The van der Waals surface area contributed by atoms with E-state index in [1.54, 1.807) is 0 Å². The molecule has 1 aliphatic heterocycles. The Morgan fingerprint density at radius 3 is 1.94 bits per heavy atom. The highest BCUT2D eigenvalue weighted by atomic mass is 32.1. The molecule has 0 amide bonds. The van der Waals surface area contributed by atoms with Crippen LogP contribution in [0.4, 0.5) is 5.69 Å². The second-order valence-corrected chi connectivity index (χ2v) is 14.4. The van der Waals surface area contributed by atoms with E-state index in [0.29, 0.717) is 0 Å². The van der Waals surface area contributed by atoms with Gasteiger partial charge in [-0.3, -0.25) is 4.57 Å². The van der Waals surface area contributed by atoms with E-state index in [4.69, 9.17) is 4.99 Å². The quantitative estimate of drug-likeness (QED) is 0.199. The SMILES string of the molecule is c1ccc(-c2cccc(-n3c4ccccc4c4cc(-c5ccc6c7ccccc7n(C7=Nc8c(sc9ccccc89)CN7)c6c5)ccc43)c2)cc1. The predicted octanol–water partition coefficient (Wildman–Crippen LogP) is 12.1. The lowest BCUT2D eigenvalue weighted by Gasteiger charge is -2.18. The topological polar surface area (TPSA) is 34.2 Å². The lowest BCUT2D eigenvalue weighted by molar-refractivity contribution is 0.877. The molecule has 0 atom stereocenters. The van der Waals surface area contributed by atoms with E-state index in [2.05, 4.69) is 178 Å². The number of thiophene rings is 1. The maximum Gasteiger partial charge on any atom is 0.208 e. The third kappa shape index (κ3) is 4.35. The number of aromatic nitrogens is 2. The number of hydrogen-bond acceptors (Lipinski definition) is 3. The van der Waals surface area contributed by atoms with Crippen LogP contribution >= 0.6 is 11.3 Å². The molecule has 1 N–H and O–H groups in total. The predicted molar refractivity (Wildman–Crippen MR) is 216 cm³/mol. The minimum absolute atomic E-state index is 0.760. The van der Waals surface area contributed by atoms with E-state index in [9.17, 15) is 0 Å². The number of hydrogen-bond donors (Lipinski definition) is 1. The molecule has 11 rings (SSSR count). The summed E-state index contributed by atoms with van der Waals surface area (Å²) in [6.45, 7) is 0.760. The molecule has 51 heavy (non-hydrogen) atoms. The second kappa shape index (κ2) is 11.0. The van der Waals surface area contributed by atoms with Crippen molar-refractivity contribution in [1.29, 1.82) is 0 Å². The summed E-state index contributed by atoms with van der Waals surface area (Å²) in [6, 6.07) is 59.3. The van der Waals surface area contributed by atoms with Crippen LogP contribution in [0.5, 0.6) is 0 Å². The Hall–Kier alpha value is -6.43. The van der Waals surface area contributed by atoms with Crippen molar-refractivity contribution in [3.63, 3.8) is 0 Å². The van der Waals surface area contributed by atoms with Crippen LogP contribution in [0.1, 0.15) is 4.88 Å². The second-order valence-electron chi connectivity index (χ2n) is 13.2. The minimum atomic E-state index is 0.760. The third-order valence-corrected chi connectivity index (χ3v) is 11.5. The molecule has 4 heterocycles. The molecule has 7 aromatic carbocycles. The van der Waals surface area contributed by atoms with Crippen molar-refractivity contribution in [2.75, 3.05) is 0 Å². The smallest absolute Gasteiger partial charge is 0.208 e. The first-order valence-electron chi connectivity index (χ1n) is 17.3. The Kier molecular flexibility index (Phi) is 6.15. The van der Waals surface area contributed by atoms with Gasteiger partial charge < -0.3 is 9.88 Å². The van der Waals surface area contributed by atoms with Crippen molar-refractivity contribution in [1.82, 2.24) is 14.5 Å². The van der Waals surface area contributed by atoms with Crippen LogP contribution in [0.3, 0.4) is 0 Å².